The Morgan fingerprint density at radius 3 is 2.33 bits per heavy atom. The molecule has 18 heavy (non-hydrogen) atoms. The van der Waals surface area contributed by atoms with Gasteiger partial charge < -0.3 is 9.52 Å². The molecule has 1 aliphatic heterocycles. The molecular formula is C12H19NO4S. The fraction of sp³-hybridized carbons (Fsp3) is 0.667. The van der Waals surface area contributed by atoms with Gasteiger partial charge in [-0.2, -0.15) is 4.31 Å². The van der Waals surface area contributed by atoms with Crippen molar-refractivity contribution < 1.29 is 17.9 Å². The van der Waals surface area contributed by atoms with Crippen molar-refractivity contribution in [1.82, 2.24) is 4.31 Å². The maximum absolute atomic E-state index is 12.6. The number of piperidine rings is 1. The summed E-state index contributed by atoms with van der Waals surface area (Å²) in [5.41, 5.74) is 0.387. The predicted molar refractivity (Wildman–Crippen MR) is 66.7 cm³/mol. The highest BCUT2D eigenvalue weighted by atomic mass is 32.2. The van der Waals surface area contributed by atoms with Gasteiger partial charge in [0.2, 0.25) is 10.0 Å². The van der Waals surface area contributed by atoms with E-state index in [0.29, 0.717) is 30.2 Å². The van der Waals surface area contributed by atoms with Gasteiger partial charge in [-0.3, -0.25) is 0 Å². The third kappa shape index (κ3) is 2.20. The van der Waals surface area contributed by atoms with Gasteiger partial charge >= 0.3 is 0 Å². The zero-order valence-electron chi connectivity index (χ0n) is 10.8. The normalized spacial score (nSPS) is 18.2. The summed E-state index contributed by atoms with van der Waals surface area (Å²) in [4.78, 5) is 0.157. The molecule has 0 radical (unpaired) electrons. The van der Waals surface area contributed by atoms with Crippen molar-refractivity contribution in [1.29, 1.82) is 0 Å². The third-order valence-corrected chi connectivity index (χ3v) is 5.49. The lowest BCUT2D eigenvalue weighted by Crippen LogP contribution is -2.36. The number of furan rings is 1. The van der Waals surface area contributed by atoms with Crippen LogP contribution in [-0.4, -0.2) is 30.9 Å². The Bertz CT molecular complexity index is 527. The van der Waals surface area contributed by atoms with Gasteiger partial charge in [0.25, 0.3) is 0 Å². The van der Waals surface area contributed by atoms with Gasteiger partial charge in [-0.1, -0.05) is 6.42 Å². The number of aliphatic hydroxyl groups excluding tert-OH is 1. The number of aryl methyl sites for hydroxylation is 2. The Labute approximate surface area is 107 Å². The summed E-state index contributed by atoms with van der Waals surface area (Å²) in [5, 5.41) is 9.33. The fourth-order valence-corrected chi connectivity index (χ4v) is 4.39. The molecule has 1 aromatic heterocycles. The van der Waals surface area contributed by atoms with Crippen LogP contribution in [0.5, 0.6) is 0 Å². The highest BCUT2D eigenvalue weighted by Crippen LogP contribution is 2.30. The van der Waals surface area contributed by atoms with E-state index in [1.165, 1.54) is 4.31 Å². The van der Waals surface area contributed by atoms with Crippen LogP contribution < -0.4 is 0 Å². The molecule has 0 spiro atoms. The van der Waals surface area contributed by atoms with E-state index in [1.54, 1.807) is 13.8 Å². The summed E-state index contributed by atoms with van der Waals surface area (Å²) in [6.07, 6.45) is 2.86. The molecule has 0 bridgehead atoms. The molecule has 0 aliphatic carbocycles. The van der Waals surface area contributed by atoms with Crippen LogP contribution in [0, 0.1) is 13.8 Å². The summed E-state index contributed by atoms with van der Waals surface area (Å²) in [7, 11) is -3.54. The van der Waals surface area contributed by atoms with Crippen molar-refractivity contribution in [3.05, 3.63) is 17.1 Å². The van der Waals surface area contributed by atoms with E-state index < -0.39 is 10.0 Å². The quantitative estimate of drug-likeness (QED) is 0.907. The molecule has 0 unspecified atom stereocenters. The van der Waals surface area contributed by atoms with Gasteiger partial charge in [-0.25, -0.2) is 8.42 Å². The Morgan fingerprint density at radius 2 is 1.78 bits per heavy atom. The van der Waals surface area contributed by atoms with Crippen molar-refractivity contribution >= 4 is 10.0 Å². The van der Waals surface area contributed by atoms with Gasteiger partial charge in [0.1, 0.15) is 16.4 Å². The standard InChI is InChI=1S/C12H19NO4S/c1-9-11(8-14)12(10(2)17-9)18(15,16)13-6-4-3-5-7-13/h14H,3-8H2,1-2H3. The van der Waals surface area contributed by atoms with Crippen molar-refractivity contribution in [2.75, 3.05) is 13.1 Å². The van der Waals surface area contributed by atoms with Gasteiger partial charge in [-0.15, -0.1) is 0 Å². The molecule has 2 heterocycles. The molecule has 1 aromatic rings. The average molecular weight is 273 g/mol. The summed E-state index contributed by atoms with van der Waals surface area (Å²) < 4.78 is 32.0. The summed E-state index contributed by atoms with van der Waals surface area (Å²) in [6, 6.07) is 0. The van der Waals surface area contributed by atoms with Gasteiger partial charge in [-0.05, 0) is 26.7 Å². The number of nitrogens with zero attached hydrogens (tertiary/aromatic N) is 1. The Balaban J connectivity index is 2.46. The van der Waals surface area contributed by atoms with Gasteiger partial charge in [0.05, 0.1) is 6.61 Å². The lowest BCUT2D eigenvalue weighted by Gasteiger charge is -2.26. The van der Waals surface area contributed by atoms with Crippen LogP contribution in [0.4, 0.5) is 0 Å². The van der Waals surface area contributed by atoms with E-state index in [9.17, 15) is 13.5 Å². The van der Waals surface area contributed by atoms with Crippen molar-refractivity contribution in [3.8, 4) is 0 Å². The second-order valence-corrected chi connectivity index (χ2v) is 6.52. The molecular weight excluding hydrogens is 254 g/mol. The molecule has 2 rings (SSSR count). The molecule has 0 amide bonds. The van der Waals surface area contributed by atoms with E-state index in [4.69, 9.17) is 4.42 Å². The zero-order chi connectivity index (χ0) is 13.3. The molecule has 1 saturated heterocycles. The number of hydrogen-bond donors (Lipinski definition) is 1. The Hall–Kier alpha value is -0.850. The van der Waals surface area contributed by atoms with Crippen LogP contribution in [0.15, 0.2) is 9.31 Å². The number of sulfonamides is 1. The monoisotopic (exact) mass is 273 g/mol. The van der Waals surface area contributed by atoms with E-state index in [2.05, 4.69) is 0 Å². The minimum atomic E-state index is -3.54. The molecule has 0 saturated carbocycles. The first-order valence-electron chi connectivity index (χ1n) is 6.18. The largest absolute Gasteiger partial charge is 0.465 e. The van der Waals surface area contributed by atoms with Gasteiger partial charge in [0.15, 0.2) is 0 Å². The third-order valence-electron chi connectivity index (χ3n) is 3.40. The van der Waals surface area contributed by atoms with Crippen LogP contribution in [0.1, 0.15) is 36.3 Å². The molecule has 1 fully saturated rings. The van der Waals surface area contributed by atoms with Crippen molar-refractivity contribution in [2.24, 2.45) is 0 Å². The van der Waals surface area contributed by atoms with Crippen LogP contribution in [0.2, 0.25) is 0 Å². The number of aliphatic hydroxyl groups is 1. The van der Waals surface area contributed by atoms with Crippen LogP contribution in [0.3, 0.4) is 0 Å². The highest BCUT2D eigenvalue weighted by Gasteiger charge is 2.32. The summed E-state index contributed by atoms with van der Waals surface area (Å²) in [5.74, 6) is 0.840. The molecule has 1 N–H and O–H groups in total. The minimum Gasteiger partial charge on any atom is -0.465 e. The second-order valence-electron chi connectivity index (χ2n) is 4.64. The summed E-state index contributed by atoms with van der Waals surface area (Å²) >= 11 is 0. The number of rotatable bonds is 3. The predicted octanol–water partition coefficient (Wildman–Crippen LogP) is 1.56. The molecule has 1 aliphatic rings. The zero-order valence-corrected chi connectivity index (χ0v) is 11.6. The Morgan fingerprint density at radius 1 is 1.17 bits per heavy atom. The minimum absolute atomic E-state index is 0.157. The van der Waals surface area contributed by atoms with E-state index in [1.807, 2.05) is 0 Å². The van der Waals surface area contributed by atoms with E-state index >= 15 is 0 Å². The molecule has 102 valence electrons. The molecule has 0 atom stereocenters. The van der Waals surface area contributed by atoms with E-state index in [0.717, 1.165) is 19.3 Å². The second kappa shape index (κ2) is 5.03. The van der Waals surface area contributed by atoms with Crippen LogP contribution in [0.25, 0.3) is 0 Å². The molecule has 6 heteroatoms. The van der Waals surface area contributed by atoms with Crippen LogP contribution in [-0.2, 0) is 16.6 Å². The number of hydrogen-bond acceptors (Lipinski definition) is 4. The Kier molecular flexibility index (Phi) is 3.79. The first-order valence-corrected chi connectivity index (χ1v) is 7.62. The lowest BCUT2D eigenvalue weighted by atomic mass is 10.2. The van der Waals surface area contributed by atoms with Crippen molar-refractivity contribution in [2.45, 2.75) is 44.6 Å². The van der Waals surface area contributed by atoms with Gasteiger partial charge in [0, 0.05) is 18.7 Å². The molecule has 0 aromatic carbocycles. The molecule has 5 nitrogen and oxygen atoms in total. The fourth-order valence-electron chi connectivity index (χ4n) is 2.46. The highest BCUT2D eigenvalue weighted by molar-refractivity contribution is 7.89. The van der Waals surface area contributed by atoms with Crippen molar-refractivity contribution in [3.63, 3.8) is 0 Å². The first kappa shape index (κ1) is 13.6. The summed E-state index contributed by atoms with van der Waals surface area (Å²) in [6.45, 7) is 4.09. The average Bonchev–Trinajstić information content (AvgIpc) is 2.65. The first-order chi connectivity index (χ1) is 8.48. The SMILES string of the molecule is Cc1oc(C)c(S(=O)(=O)N2CCCCC2)c1CO. The smallest absolute Gasteiger partial charge is 0.246 e. The van der Waals surface area contributed by atoms with Crippen LogP contribution >= 0.6 is 0 Å². The van der Waals surface area contributed by atoms with E-state index in [-0.39, 0.29) is 11.5 Å². The lowest BCUT2D eigenvalue weighted by molar-refractivity contribution is 0.275. The topological polar surface area (TPSA) is 70.8 Å². The maximum Gasteiger partial charge on any atom is 0.246 e. The maximum atomic E-state index is 12.6.